The molecule has 1 N–H and O–H groups in total. The van der Waals surface area contributed by atoms with Crippen LogP contribution in [-0.2, 0) is 9.84 Å². The summed E-state index contributed by atoms with van der Waals surface area (Å²) in [4.78, 5) is 0.234. The highest BCUT2D eigenvalue weighted by Gasteiger charge is 2.17. The van der Waals surface area contributed by atoms with Crippen LogP contribution in [0.1, 0.15) is 17.2 Å². The van der Waals surface area contributed by atoms with E-state index >= 15 is 0 Å². The number of hydrogen-bond acceptors (Lipinski definition) is 3. The standard InChI is InChI=1S/C15H15ClFNO2S/c1-18-15(13-8-5-11(16)9-14(13)17)10-3-6-12(7-4-10)21(2,19)20/h3-9,15,18H,1-2H3. The highest BCUT2D eigenvalue weighted by atomic mass is 35.5. The van der Waals surface area contributed by atoms with Crippen molar-refractivity contribution < 1.29 is 12.8 Å². The summed E-state index contributed by atoms with van der Waals surface area (Å²) in [5.41, 5.74) is 1.22. The molecular formula is C15H15ClFNO2S. The molecule has 2 aromatic carbocycles. The van der Waals surface area contributed by atoms with Gasteiger partial charge in [0, 0.05) is 16.8 Å². The molecule has 0 aliphatic carbocycles. The van der Waals surface area contributed by atoms with Crippen LogP contribution in [-0.4, -0.2) is 21.7 Å². The van der Waals surface area contributed by atoms with E-state index in [1.54, 1.807) is 31.3 Å². The third kappa shape index (κ3) is 3.61. The summed E-state index contributed by atoms with van der Waals surface area (Å²) in [6.07, 6.45) is 1.15. The molecule has 6 heteroatoms. The van der Waals surface area contributed by atoms with Gasteiger partial charge in [0.2, 0.25) is 0 Å². The number of nitrogens with one attached hydrogen (secondary N) is 1. The first-order chi connectivity index (χ1) is 9.82. The van der Waals surface area contributed by atoms with Crippen molar-refractivity contribution in [3.8, 4) is 0 Å². The summed E-state index contributed by atoms with van der Waals surface area (Å²) in [6.45, 7) is 0. The van der Waals surface area contributed by atoms with Crippen molar-refractivity contribution in [1.29, 1.82) is 0 Å². The van der Waals surface area contributed by atoms with Crippen LogP contribution in [0.2, 0.25) is 5.02 Å². The van der Waals surface area contributed by atoms with Crippen molar-refractivity contribution in [1.82, 2.24) is 5.32 Å². The summed E-state index contributed by atoms with van der Waals surface area (Å²) in [7, 11) is -1.53. The smallest absolute Gasteiger partial charge is 0.175 e. The number of benzene rings is 2. The van der Waals surface area contributed by atoms with Crippen molar-refractivity contribution in [2.24, 2.45) is 0 Å². The Morgan fingerprint density at radius 1 is 1.14 bits per heavy atom. The molecule has 0 fully saturated rings. The Balaban J connectivity index is 2.42. The molecule has 0 heterocycles. The van der Waals surface area contributed by atoms with Crippen LogP contribution in [0, 0.1) is 5.82 Å². The van der Waals surface area contributed by atoms with Crippen LogP contribution in [0.4, 0.5) is 4.39 Å². The quantitative estimate of drug-likeness (QED) is 0.938. The fraction of sp³-hybridized carbons (Fsp3) is 0.200. The van der Waals surface area contributed by atoms with Crippen molar-refractivity contribution in [2.45, 2.75) is 10.9 Å². The van der Waals surface area contributed by atoms with Crippen LogP contribution in [0.15, 0.2) is 47.4 Å². The summed E-state index contributed by atoms with van der Waals surface area (Å²) in [6, 6.07) is 10.5. The summed E-state index contributed by atoms with van der Waals surface area (Å²) in [5.74, 6) is -0.408. The maximum Gasteiger partial charge on any atom is 0.175 e. The third-order valence-electron chi connectivity index (χ3n) is 3.20. The highest BCUT2D eigenvalue weighted by Crippen LogP contribution is 2.27. The monoisotopic (exact) mass is 327 g/mol. The summed E-state index contributed by atoms with van der Waals surface area (Å²) >= 11 is 5.75. The maximum absolute atomic E-state index is 14.0. The molecule has 3 nitrogen and oxygen atoms in total. The van der Waals surface area contributed by atoms with Gasteiger partial charge in [0.25, 0.3) is 0 Å². The first kappa shape index (κ1) is 15.9. The second-order valence-electron chi connectivity index (χ2n) is 4.73. The second kappa shape index (κ2) is 6.13. The van der Waals surface area contributed by atoms with Crippen LogP contribution in [0.25, 0.3) is 0 Å². The van der Waals surface area contributed by atoms with Gasteiger partial charge in [-0.2, -0.15) is 0 Å². The molecule has 0 spiro atoms. The normalized spacial score (nSPS) is 13.1. The van der Waals surface area contributed by atoms with Crippen LogP contribution in [0.3, 0.4) is 0 Å². The Kier molecular flexibility index (Phi) is 4.66. The van der Waals surface area contributed by atoms with Gasteiger partial charge in [-0.05, 0) is 36.9 Å². The molecule has 0 aliphatic heterocycles. The van der Waals surface area contributed by atoms with E-state index < -0.39 is 15.7 Å². The Morgan fingerprint density at radius 2 is 1.76 bits per heavy atom. The molecule has 112 valence electrons. The zero-order valence-corrected chi connectivity index (χ0v) is 13.2. The van der Waals surface area contributed by atoms with E-state index in [9.17, 15) is 12.8 Å². The Labute approximate surface area is 128 Å². The largest absolute Gasteiger partial charge is 0.309 e. The highest BCUT2D eigenvalue weighted by molar-refractivity contribution is 7.90. The van der Waals surface area contributed by atoms with E-state index in [2.05, 4.69) is 5.32 Å². The van der Waals surface area contributed by atoms with Crippen LogP contribution in [0.5, 0.6) is 0 Å². The summed E-state index contributed by atoms with van der Waals surface area (Å²) in [5, 5.41) is 3.35. The Hall–Kier alpha value is -1.43. The van der Waals surface area contributed by atoms with E-state index in [4.69, 9.17) is 11.6 Å². The van der Waals surface area contributed by atoms with Crippen molar-refractivity contribution >= 4 is 21.4 Å². The number of rotatable bonds is 4. The first-order valence-corrected chi connectivity index (χ1v) is 8.52. The van der Waals surface area contributed by atoms with Gasteiger partial charge in [-0.15, -0.1) is 0 Å². The van der Waals surface area contributed by atoms with Gasteiger partial charge < -0.3 is 5.32 Å². The van der Waals surface area contributed by atoms with Gasteiger partial charge in [-0.25, -0.2) is 12.8 Å². The van der Waals surface area contributed by atoms with E-state index in [0.29, 0.717) is 10.6 Å². The van der Waals surface area contributed by atoms with E-state index in [1.165, 1.54) is 18.2 Å². The predicted octanol–water partition coefficient (Wildman–Crippen LogP) is 3.19. The molecule has 2 aromatic rings. The summed E-state index contributed by atoms with van der Waals surface area (Å²) < 4.78 is 36.9. The molecule has 21 heavy (non-hydrogen) atoms. The van der Waals surface area contributed by atoms with E-state index in [0.717, 1.165) is 11.8 Å². The van der Waals surface area contributed by atoms with Gasteiger partial charge in [-0.3, -0.25) is 0 Å². The third-order valence-corrected chi connectivity index (χ3v) is 4.57. The molecule has 2 rings (SSSR count). The lowest BCUT2D eigenvalue weighted by Crippen LogP contribution is -2.19. The minimum Gasteiger partial charge on any atom is -0.309 e. The fourth-order valence-electron chi connectivity index (χ4n) is 2.14. The van der Waals surface area contributed by atoms with Gasteiger partial charge in [0.05, 0.1) is 10.9 Å². The molecular weight excluding hydrogens is 313 g/mol. The zero-order valence-electron chi connectivity index (χ0n) is 11.6. The Bertz CT molecular complexity index is 745. The Morgan fingerprint density at radius 3 is 2.24 bits per heavy atom. The van der Waals surface area contributed by atoms with Crippen molar-refractivity contribution in [3.05, 3.63) is 64.4 Å². The molecule has 0 aromatic heterocycles. The predicted molar refractivity (Wildman–Crippen MR) is 81.9 cm³/mol. The number of halogens is 2. The van der Waals surface area contributed by atoms with Crippen molar-refractivity contribution in [2.75, 3.05) is 13.3 Å². The maximum atomic E-state index is 14.0. The second-order valence-corrected chi connectivity index (χ2v) is 7.18. The van der Waals surface area contributed by atoms with Gasteiger partial charge in [0.15, 0.2) is 9.84 Å². The number of hydrogen-bond donors (Lipinski definition) is 1. The molecule has 1 unspecified atom stereocenters. The SMILES string of the molecule is CNC(c1ccc(S(C)(=O)=O)cc1)c1ccc(Cl)cc1F. The van der Waals surface area contributed by atoms with Crippen LogP contribution >= 0.6 is 11.6 Å². The fourth-order valence-corrected chi connectivity index (χ4v) is 2.93. The lowest BCUT2D eigenvalue weighted by Gasteiger charge is -2.18. The number of sulfone groups is 1. The molecule has 0 amide bonds. The van der Waals surface area contributed by atoms with Crippen LogP contribution < -0.4 is 5.32 Å². The minimum absolute atomic E-state index is 0.234. The lowest BCUT2D eigenvalue weighted by molar-refractivity contribution is 0.576. The van der Waals surface area contributed by atoms with E-state index in [-0.39, 0.29) is 10.9 Å². The lowest BCUT2D eigenvalue weighted by atomic mass is 9.98. The van der Waals surface area contributed by atoms with Gasteiger partial charge in [0.1, 0.15) is 5.82 Å². The molecule has 0 saturated heterocycles. The average Bonchev–Trinajstić information content (AvgIpc) is 2.41. The first-order valence-electron chi connectivity index (χ1n) is 6.25. The van der Waals surface area contributed by atoms with Crippen molar-refractivity contribution in [3.63, 3.8) is 0 Å². The zero-order chi connectivity index (χ0) is 15.6. The molecule has 0 bridgehead atoms. The molecule has 1 atom stereocenters. The average molecular weight is 328 g/mol. The molecule has 0 aliphatic rings. The molecule has 0 saturated carbocycles. The van der Waals surface area contributed by atoms with Gasteiger partial charge >= 0.3 is 0 Å². The van der Waals surface area contributed by atoms with Gasteiger partial charge in [-0.1, -0.05) is 29.8 Å². The molecule has 0 radical (unpaired) electrons. The topological polar surface area (TPSA) is 46.2 Å². The minimum atomic E-state index is -3.24. The van der Waals surface area contributed by atoms with E-state index in [1.807, 2.05) is 0 Å².